The summed E-state index contributed by atoms with van der Waals surface area (Å²) in [7, 11) is 0. The molecule has 0 aromatic heterocycles. The minimum atomic E-state index is -7.86. The van der Waals surface area contributed by atoms with E-state index in [-0.39, 0.29) is 12.1 Å². The first-order valence-electron chi connectivity index (χ1n) is 10.2. The molecule has 0 radical (unpaired) electrons. The standard InChI is InChI=1S/C21H10F12O9/c22-18(23,24)14(19(25,26)27)6-8(9(34)7-4-2-1-3-5-7)17(20(28,29)30,21(31,32)33)16(12(39)40,13(41)42)15(14,10(35)36)11(37)38/h1-6H,(H,35,36)(H,37,38)(H,39,40)(H,41,42). The molecular formula is C21H10F12O9. The molecule has 0 unspecified atom stereocenters. The van der Waals surface area contributed by atoms with Crippen LogP contribution in [-0.4, -0.2) is 74.8 Å². The molecule has 9 nitrogen and oxygen atoms in total. The van der Waals surface area contributed by atoms with Crippen molar-refractivity contribution in [2.45, 2.75) is 24.7 Å². The summed E-state index contributed by atoms with van der Waals surface area (Å²) in [6.07, 6.45) is -33.6. The van der Waals surface area contributed by atoms with Crippen molar-refractivity contribution >= 4 is 29.7 Å². The number of Topliss-reactive ketones (excluding diaryl/α,β-unsaturated/α-hetero) is 1. The number of carboxylic acids is 4. The smallest absolute Gasteiger partial charge is 0.409 e. The minimum absolute atomic E-state index is 0.211. The minimum Gasteiger partial charge on any atom is -0.480 e. The maximum Gasteiger partial charge on any atom is 0.409 e. The summed E-state index contributed by atoms with van der Waals surface area (Å²) in [5, 5.41) is 38.2. The average molecular weight is 634 g/mol. The topological polar surface area (TPSA) is 166 Å². The van der Waals surface area contributed by atoms with E-state index >= 15 is 0 Å². The number of carboxylic acid groups (broad SMARTS) is 4. The molecule has 232 valence electrons. The van der Waals surface area contributed by atoms with Gasteiger partial charge in [-0.1, -0.05) is 36.4 Å². The molecule has 21 heteroatoms. The fourth-order valence-corrected chi connectivity index (χ4v) is 5.32. The van der Waals surface area contributed by atoms with Gasteiger partial charge in [0.1, 0.15) is 0 Å². The Kier molecular flexibility index (Phi) is 7.53. The van der Waals surface area contributed by atoms with Gasteiger partial charge in [0.25, 0.3) is 0 Å². The SMILES string of the molecule is O=C(C1=CC(C(F)(F)F)(C(F)(F)F)C(C(=O)O)(C(=O)O)C(C(=O)O)(C(=O)O)C1(C(F)(F)F)C(F)(F)F)c1ccccc1. The highest BCUT2D eigenvalue weighted by Crippen LogP contribution is 2.80. The lowest BCUT2D eigenvalue weighted by Crippen LogP contribution is -2.84. The molecule has 1 aromatic rings. The summed E-state index contributed by atoms with van der Waals surface area (Å²) in [5.41, 5.74) is -34.7. The summed E-state index contributed by atoms with van der Waals surface area (Å²) < 4.78 is 176. The zero-order valence-corrected chi connectivity index (χ0v) is 19.3. The molecule has 0 heterocycles. The van der Waals surface area contributed by atoms with Crippen molar-refractivity contribution in [3.8, 4) is 0 Å². The van der Waals surface area contributed by atoms with Crippen molar-refractivity contribution in [3.05, 3.63) is 47.5 Å². The third-order valence-electron chi connectivity index (χ3n) is 6.79. The lowest BCUT2D eigenvalue weighted by atomic mass is 9.36. The first-order valence-corrected chi connectivity index (χ1v) is 10.2. The predicted octanol–water partition coefficient (Wildman–Crippen LogP) is 4.34. The zero-order chi connectivity index (χ0) is 33.3. The Morgan fingerprint density at radius 2 is 0.857 bits per heavy atom. The zero-order valence-electron chi connectivity index (χ0n) is 19.3. The number of allylic oxidation sites excluding steroid dienone is 2. The molecule has 0 saturated carbocycles. The van der Waals surface area contributed by atoms with Crippen LogP contribution >= 0.6 is 0 Å². The van der Waals surface area contributed by atoms with Gasteiger partial charge in [0.2, 0.25) is 21.7 Å². The Hall–Kier alpha value is -4.33. The number of benzene rings is 1. The van der Waals surface area contributed by atoms with E-state index in [1.165, 1.54) is 0 Å². The lowest BCUT2D eigenvalue weighted by molar-refractivity contribution is -0.408. The summed E-state index contributed by atoms with van der Waals surface area (Å²) in [4.78, 5) is 62.1. The Morgan fingerprint density at radius 1 is 0.524 bits per heavy atom. The monoisotopic (exact) mass is 634 g/mol. The largest absolute Gasteiger partial charge is 0.480 e. The summed E-state index contributed by atoms with van der Waals surface area (Å²) in [6, 6.07) is 2.49. The number of carbonyl (C=O) groups is 5. The van der Waals surface area contributed by atoms with Crippen molar-refractivity contribution in [1.29, 1.82) is 0 Å². The number of aliphatic carboxylic acids is 4. The van der Waals surface area contributed by atoms with Gasteiger partial charge in [-0.2, -0.15) is 52.7 Å². The van der Waals surface area contributed by atoms with E-state index < -0.39 is 93.2 Å². The number of hydrogen-bond donors (Lipinski definition) is 4. The third-order valence-corrected chi connectivity index (χ3v) is 6.79. The number of ketones is 1. The van der Waals surface area contributed by atoms with Gasteiger partial charge >= 0.3 is 48.6 Å². The highest BCUT2D eigenvalue weighted by atomic mass is 19.4. The number of halogens is 12. The molecule has 1 aromatic carbocycles. The van der Waals surface area contributed by atoms with Crippen LogP contribution in [0.4, 0.5) is 52.7 Å². The van der Waals surface area contributed by atoms with Gasteiger partial charge in [-0.05, 0) is 0 Å². The molecule has 0 aliphatic heterocycles. The molecule has 0 bridgehead atoms. The number of carbonyl (C=O) groups excluding carboxylic acids is 1. The fraction of sp³-hybridized carbons (Fsp3) is 0.381. The van der Waals surface area contributed by atoms with Gasteiger partial charge in [-0.15, -0.1) is 0 Å². The Bertz CT molecular complexity index is 1310. The molecule has 1 aliphatic carbocycles. The van der Waals surface area contributed by atoms with Crippen LogP contribution in [0.2, 0.25) is 0 Å². The van der Waals surface area contributed by atoms with Crippen molar-refractivity contribution in [2.75, 3.05) is 0 Å². The van der Waals surface area contributed by atoms with Gasteiger partial charge in [-0.3, -0.25) is 24.0 Å². The van der Waals surface area contributed by atoms with Crippen LogP contribution in [0.5, 0.6) is 0 Å². The van der Waals surface area contributed by atoms with Crippen molar-refractivity contribution in [2.24, 2.45) is 21.7 Å². The van der Waals surface area contributed by atoms with Gasteiger partial charge < -0.3 is 20.4 Å². The van der Waals surface area contributed by atoms with Gasteiger partial charge in [0.15, 0.2) is 5.78 Å². The summed E-state index contributed by atoms with van der Waals surface area (Å²) >= 11 is 0. The first-order chi connectivity index (χ1) is 18.6. The summed E-state index contributed by atoms with van der Waals surface area (Å²) in [5.74, 6) is -21.4. The third kappa shape index (κ3) is 3.56. The molecule has 1 aliphatic rings. The summed E-state index contributed by atoms with van der Waals surface area (Å²) in [6.45, 7) is 0. The second-order valence-corrected chi connectivity index (χ2v) is 8.52. The van der Waals surface area contributed by atoms with E-state index in [2.05, 4.69) is 0 Å². The average Bonchev–Trinajstić information content (AvgIpc) is 2.78. The van der Waals surface area contributed by atoms with Gasteiger partial charge in [0.05, 0.1) is 0 Å². The fourth-order valence-electron chi connectivity index (χ4n) is 5.32. The Balaban J connectivity index is 3.86. The second-order valence-electron chi connectivity index (χ2n) is 8.52. The Morgan fingerprint density at radius 3 is 1.12 bits per heavy atom. The van der Waals surface area contributed by atoms with Gasteiger partial charge in [-0.25, -0.2) is 0 Å². The predicted molar refractivity (Wildman–Crippen MR) is 103 cm³/mol. The van der Waals surface area contributed by atoms with Crippen LogP contribution in [0, 0.1) is 21.7 Å². The van der Waals surface area contributed by atoms with E-state index in [0.717, 1.165) is 6.07 Å². The van der Waals surface area contributed by atoms with E-state index in [4.69, 9.17) is 0 Å². The lowest BCUT2D eigenvalue weighted by Gasteiger charge is -2.60. The van der Waals surface area contributed by atoms with Gasteiger partial charge in [0, 0.05) is 11.1 Å². The first kappa shape index (κ1) is 33.9. The molecule has 0 fully saturated rings. The molecule has 0 spiro atoms. The van der Waals surface area contributed by atoms with E-state index in [1.807, 2.05) is 0 Å². The highest BCUT2D eigenvalue weighted by molar-refractivity contribution is 6.19. The molecule has 0 amide bonds. The molecule has 4 N–H and O–H groups in total. The molecule has 0 saturated heterocycles. The maximum atomic E-state index is 14.8. The quantitative estimate of drug-likeness (QED) is 0.202. The van der Waals surface area contributed by atoms with Crippen LogP contribution < -0.4 is 0 Å². The van der Waals surface area contributed by atoms with Crippen LogP contribution in [0.1, 0.15) is 10.4 Å². The molecular weight excluding hydrogens is 624 g/mol. The van der Waals surface area contributed by atoms with Crippen LogP contribution in [0.3, 0.4) is 0 Å². The van der Waals surface area contributed by atoms with Crippen LogP contribution in [0.25, 0.3) is 0 Å². The second kappa shape index (κ2) is 9.34. The van der Waals surface area contributed by atoms with Crippen LogP contribution in [-0.2, 0) is 19.2 Å². The van der Waals surface area contributed by atoms with Crippen molar-refractivity contribution in [1.82, 2.24) is 0 Å². The van der Waals surface area contributed by atoms with E-state index in [1.54, 1.807) is 0 Å². The van der Waals surface area contributed by atoms with E-state index in [9.17, 15) is 97.1 Å². The molecule has 2 rings (SSSR count). The van der Waals surface area contributed by atoms with Crippen LogP contribution in [0.15, 0.2) is 42.0 Å². The number of alkyl halides is 12. The number of hydrogen-bond acceptors (Lipinski definition) is 5. The number of rotatable bonds is 6. The molecule has 0 atom stereocenters. The molecule has 42 heavy (non-hydrogen) atoms. The van der Waals surface area contributed by atoms with E-state index in [0.29, 0.717) is 12.1 Å². The highest BCUT2D eigenvalue weighted by Gasteiger charge is 3.03. The Labute approximate surface area is 221 Å². The maximum absolute atomic E-state index is 14.8. The van der Waals surface area contributed by atoms with Crippen molar-refractivity contribution < 1.29 is 97.1 Å². The normalized spacial score (nSPS) is 19.8. The van der Waals surface area contributed by atoms with Crippen molar-refractivity contribution in [3.63, 3.8) is 0 Å².